The van der Waals surface area contributed by atoms with E-state index in [0.29, 0.717) is 24.2 Å². The summed E-state index contributed by atoms with van der Waals surface area (Å²) >= 11 is 3.22. The number of amides is 1. The van der Waals surface area contributed by atoms with Gasteiger partial charge in [-0.3, -0.25) is 4.79 Å². The van der Waals surface area contributed by atoms with Crippen molar-refractivity contribution in [3.63, 3.8) is 0 Å². The minimum absolute atomic E-state index is 0.172. The van der Waals surface area contributed by atoms with Crippen LogP contribution in [-0.4, -0.2) is 55.5 Å². The van der Waals surface area contributed by atoms with Crippen LogP contribution in [0.1, 0.15) is 12.8 Å². The third-order valence-electron chi connectivity index (χ3n) is 5.28. The molecule has 1 N–H and O–H groups in total. The molecule has 1 amide bonds. The number of aromatic nitrogens is 2. The number of hydrogen-bond acceptors (Lipinski definition) is 6. The van der Waals surface area contributed by atoms with E-state index >= 15 is 0 Å². The van der Waals surface area contributed by atoms with E-state index in [1.165, 1.54) is 6.07 Å². The molecule has 29 heavy (non-hydrogen) atoms. The van der Waals surface area contributed by atoms with Crippen LogP contribution in [0.25, 0.3) is 0 Å². The van der Waals surface area contributed by atoms with Crippen LogP contribution in [0.5, 0.6) is 0 Å². The molecule has 1 atom stereocenters. The predicted octanol–water partition coefficient (Wildman–Crippen LogP) is 3.07. The zero-order chi connectivity index (χ0) is 20.2. The highest BCUT2D eigenvalue weighted by atomic mass is 79.9. The molecule has 2 saturated heterocycles. The second-order valence-corrected chi connectivity index (χ2v) is 8.16. The lowest BCUT2D eigenvalue weighted by Gasteiger charge is -2.33. The first-order valence-corrected chi connectivity index (χ1v) is 10.6. The summed E-state index contributed by atoms with van der Waals surface area (Å²) in [6.07, 6.45) is 1.63. The zero-order valence-corrected chi connectivity index (χ0v) is 17.6. The average molecular weight is 464 g/mol. The number of halogens is 2. The number of carbonyl (C=O) groups is 1. The van der Waals surface area contributed by atoms with Crippen LogP contribution in [0.15, 0.2) is 34.8 Å². The molecule has 0 saturated carbocycles. The molecular formula is C20H23BrFN5O2. The Labute approximate surface area is 177 Å². The van der Waals surface area contributed by atoms with Gasteiger partial charge >= 0.3 is 0 Å². The van der Waals surface area contributed by atoms with Gasteiger partial charge in [-0.15, -0.1) is 10.2 Å². The zero-order valence-electron chi connectivity index (χ0n) is 16.0. The summed E-state index contributed by atoms with van der Waals surface area (Å²) in [5, 5.41) is 11.5. The maximum Gasteiger partial charge on any atom is 0.229 e. The maximum atomic E-state index is 14.0. The summed E-state index contributed by atoms with van der Waals surface area (Å²) in [4.78, 5) is 16.9. The van der Waals surface area contributed by atoms with Crippen molar-refractivity contribution in [3.05, 3.63) is 40.6 Å². The number of carbonyl (C=O) groups excluding carboxylic acids is 1. The SMILES string of the molecule is O=C(Nc1ccc(Br)cc1F)C1CCCN(c2ccc(N3CCOCC3)nn2)C1. The van der Waals surface area contributed by atoms with E-state index in [1.807, 2.05) is 12.1 Å². The van der Waals surface area contributed by atoms with Gasteiger partial charge in [-0.25, -0.2) is 4.39 Å². The van der Waals surface area contributed by atoms with Crippen LogP contribution in [0.3, 0.4) is 0 Å². The van der Waals surface area contributed by atoms with Gasteiger partial charge < -0.3 is 19.9 Å². The van der Waals surface area contributed by atoms with Crippen LogP contribution in [0.2, 0.25) is 0 Å². The molecule has 7 nitrogen and oxygen atoms in total. The summed E-state index contributed by atoms with van der Waals surface area (Å²) < 4.78 is 20.0. The fourth-order valence-electron chi connectivity index (χ4n) is 3.67. The number of benzene rings is 1. The van der Waals surface area contributed by atoms with Gasteiger partial charge in [0.1, 0.15) is 5.82 Å². The Balaban J connectivity index is 1.39. The van der Waals surface area contributed by atoms with Gasteiger partial charge in [0, 0.05) is 30.7 Å². The molecule has 0 radical (unpaired) electrons. The average Bonchev–Trinajstić information content (AvgIpc) is 2.76. The molecule has 1 aromatic heterocycles. The van der Waals surface area contributed by atoms with Gasteiger partial charge in [-0.05, 0) is 43.2 Å². The van der Waals surface area contributed by atoms with E-state index in [1.54, 1.807) is 12.1 Å². The van der Waals surface area contributed by atoms with Gasteiger partial charge in [0.15, 0.2) is 11.6 Å². The smallest absolute Gasteiger partial charge is 0.229 e. The Kier molecular flexibility index (Phi) is 6.25. The number of piperidine rings is 1. The Morgan fingerprint density at radius 2 is 1.83 bits per heavy atom. The molecule has 2 aliphatic heterocycles. The van der Waals surface area contributed by atoms with Crippen LogP contribution < -0.4 is 15.1 Å². The van der Waals surface area contributed by atoms with E-state index in [-0.39, 0.29) is 17.5 Å². The number of morpholine rings is 1. The molecule has 0 bridgehead atoms. The molecular weight excluding hydrogens is 441 g/mol. The van der Waals surface area contributed by atoms with Crippen LogP contribution in [-0.2, 0) is 9.53 Å². The summed E-state index contributed by atoms with van der Waals surface area (Å²) in [5.41, 5.74) is 0.199. The van der Waals surface area contributed by atoms with Gasteiger partial charge in [-0.2, -0.15) is 0 Å². The highest BCUT2D eigenvalue weighted by Gasteiger charge is 2.27. The van der Waals surface area contributed by atoms with Crippen molar-refractivity contribution in [2.45, 2.75) is 12.8 Å². The van der Waals surface area contributed by atoms with Crippen molar-refractivity contribution in [2.24, 2.45) is 5.92 Å². The highest BCUT2D eigenvalue weighted by molar-refractivity contribution is 9.10. The quantitative estimate of drug-likeness (QED) is 0.750. The van der Waals surface area contributed by atoms with Crippen molar-refractivity contribution in [2.75, 3.05) is 54.5 Å². The fourth-order valence-corrected chi connectivity index (χ4v) is 4.01. The van der Waals surface area contributed by atoms with Gasteiger partial charge in [0.25, 0.3) is 0 Å². The summed E-state index contributed by atoms with van der Waals surface area (Å²) in [6.45, 7) is 4.38. The van der Waals surface area contributed by atoms with E-state index < -0.39 is 5.82 Å². The van der Waals surface area contributed by atoms with Gasteiger partial charge in [0.05, 0.1) is 24.8 Å². The highest BCUT2D eigenvalue weighted by Crippen LogP contribution is 2.25. The molecule has 2 aliphatic rings. The number of rotatable bonds is 4. The largest absolute Gasteiger partial charge is 0.378 e. The van der Waals surface area contributed by atoms with Crippen molar-refractivity contribution in [1.82, 2.24) is 10.2 Å². The van der Waals surface area contributed by atoms with E-state index in [0.717, 1.165) is 44.1 Å². The molecule has 0 aliphatic carbocycles. The van der Waals surface area contributed by atoms with E-state index in [4.69, 9.17) is 4.74 Å². The van der Waals surface area contributed by atoms with Gasteiger partial charge in [0.2, 0.25) is 5.91 Å². The monoisotopic (exact) mass is 463 g/mol. The normalized spacial score (nSPS) is 19.9. The van der Waals surface area contributed by atoms with Crippen molar-refractivity contribution in [1.29, 1.82) is 0 Å². The Morgan fingerprint density at radius 1 is 1.10 bits per heavy atom. The van der Waals surface area contributed by atoms with Crippen LogP contribution in [0, 0.1) is 11.7 Å². The molecule has 1 unspecified atom stereocenters. The Hall–Kier alpha value is -2.26. The Morgan fingerprint density at radius 3 is 2.52 bits per heavy atom. The molecule has 154 valence electrons. The third kappa shape index (κ3) is 4.84. The summed E-state index contributed by atoms with van der Waals surface area (Å²) in [5.74, 6) is 0.745. The Bertz CT molecular complexity index is 860. The molecule has 3 heterocycles. The number of ether oxygens (including phenoxy) is 1. The summed E-state index contributed by atoms with van der Waals surface area (Å²) in [6, 6.07) is 8.53. The van der Waals surface area contributed by atoms with Crippen LogP contribution >= 0.6 is 15.9 Å². The van der Waals surface area contributed by atoms with E-state index in [2.05, 4.69) is 41.2 Å². The topological polar surface area (TPSA) is 70.6 Å². The second-order valence-electron chi connectivity index (χ2n) is 7.25. The fraction of sp³-hybridized carbons (Fsp3) is 0.450. The van der Waals surface area contributed by atoms with Crippen molar-refractivity contribution in [3.8, 4) is 0 Å². The lowest BCUT2D eigenvalue weighted by Crippen LogP contribution is -2.41. The minimum Gasteiger partial charge on any atom is -0.378 e. The standard InChI is InChI=1S/C20H23BrFN5O2/c21-15-3-4-17(16(22)12-15)23-20(28)14-2-1-7-27(13-14)19-6-5-18(24-25-19)26-8-10-29-11-9-26/h3-6,12,14H,1-2,7-11,13H2,(H,23,28). The van der Waals surface area contributed by atoms with Gasteiger partial charge in [-0.1, -0.05) is 15.9 Å². The maximum absolute atomic E-state index is 14.0. The second kappa shape index (κ2) is 9.04. The number of nitrogens with one attached hydrogen (secondary N) is 1. The molecule has 0 spiro atoms. The first-order valence-electron chi connectivity index (χ1n) is 9.77. The van der Waals surface area contributed by atoms with E-state index in [9.17, 15) is 9.18 Å². The van der Waals surface area contributed by atoms with Crippen molar-refractivity contribution >= 4 is 39.2 Å². The molecule has 4 rings (SSSR count). The lowest BCUT2D eigenvalue weighted by molar-refractivity contribution is -0.120. The minimum atomic E-state index is -0.454. The predicted molar refractivity (Wildman–Crippen MR) is 113 cm³/mol. The molecule has 1 aromatic carbocycles. The van der Waals surface area contributed by atoms with Crippen molar-refractivity contribution < 1.29 is 13.9 Å². The van der Waals surface area contributed by atoms with Crippen LogP contribution in [0.4, 0.5) is 21.7 Å². The number of nitrogens with zero attached hydrogens (tertiary/aromatic N) is 4. The third-order valence-corrected chi connectivity index (χ3v) is 5.77. The first kappa shape index (κ1) is 20.0. The summed E-state index contributed by atoms with van der Waals surface area (Å²) in [7, 11) is 0. The number of hydrogen-bond donors (Lipinski definition) is 1. The number of anilines is 3. The molecule has 2 aromatic rings. The molecule has 2 fully saturated rings. The molecule has 9 heteroatoms. The first-order chi connectivity index (χ1) is 14.1. The lowest BCUT2D eigenvalue weighted by atomic mass is 9.97.